The van der Waals surface area contributed by atoms with E-state index in [1.54, 1.807) is 12.1 Å². The molecule has 5 nitrogen and oxygen atoms in total. The molecule has 0 saturated carbocycles. The average molecular weight is 395 g/mol. The van der Waals surface area contributed by atoms with Gasteiger partial charge in [-0.05, 0) is 24.6 Å². The number of likely N-dealkylation sites (tertiary alicyclic amines) is 1. The molecule has 152 valence electrons. The Hall–Kier alpha value is -2.73. The highest BCUT2D eigenvalue weighted by atomic mass is 19.1. The van der Waals surface area contributed by atoms with Gasteiger partial charge in [0.15, 0.2) is 0 Å². The molecule has 0 spiro atoms. The van der Waals surface area contributed by atoms with Crippen LogP contribution in [0.25, 0.3) is 0 Å². The summed E-state index contributed by atoms with van der Waals surface area (Å²) in [5.74, 6) is -0.742. The maximum atomic E-state index is 14.0. The lowest BCUT2D eigenvalue weighted by Gasteiger charge is -2.36. The molecule has 0 aromatic heterocycles. The Balaban J connectivity index is 1.31. The van der Waals surface area contributed by atoms with Crippen molar-refractivity contribution in [2.75, 3.05) is 44.2 Å². The van der Waals surface area contributed by atoms with Crippen molar-refractivity contribution in [2.24, 2.45) is 0 Å². The number of anilines is 1. The predicted octanol–water partition coefficient (Wildman–Crippen LogP) is 2.80. The second kappa shape index (κ2) is 8.33. The van der Waals surface area contributed by atoms with Crippen LogP contribution >= 0.6 is 0 Å². The van der Waals surface area contributed by atoms with Gasteiger partial charge in [0, 0.05) is 45.7 Å². The van der Waals surface area contributed by atoms with Gasteiger partial charge in [-0.2, -0.15) is 0 Å². The Bertz CT molecular complexity index is 909. The van der Waals surface area contributed by atoms with Gasteiger partial charge in [-0.25, -0.2) is 4.39 Å². The highest BCUT2D eigenvalue weighted by Crippen LogP contribution is 2.30. The summed E-state index contributed by atoms with van der Waals surface area (Å²) in [5, 5.41) is 0. The van der Waals surface area contributed by atoms with Crippen molar-refractivity contribution in [3.05, 3.63) is 65.5 Å². The Kier molecular flexibility index (Phi) is 5.62. The lowest BCUT2D eigenvalue weighted by Crippen LogP contribution is -2.49. The number of para-hydroxylation sites is 1. The quantitative estimate of drug-likeness (QED) is 0.731. The van der Waals surface area contributed by atoms with Gasteiger partial charge in [0.25, 0.3) is 0 Å². The molecule has 2 aromatic carbocycles. The minimum absolute atomic E-state index is 0.0912. The molecular formula is C23H26FN3O2. The molecule has 0 bridgehead atoms. The molecule has 4 rings (SSSR count). The van der Waals surface area contributed by atoms with Crippen molar-refractivity contribution >= 4 is 17.5 Å². The van der Waals surface area contributed by atoms with E-state index in [0.717, 1.165) is 37.3 Å². The molecule has 6 heteroatoms. The van der Waals surface area contributed by atoms with Crippen LogP contribution in [0.15, 0.2) is 48.5 Å². The first-order valence-electron chi connectivity index (χ1n) is 10.2. The number of piperazine rings is 1. The summed E-state index contributed by atoms with van der Waals surface area (Å²) < 4.78 is 14.0. The number of amides is 2. The minimum Gasteiger partial charge on any atom is -0.367 e. The zero-order valence-corrected chi connectivity index (χ0v) is 16.7. The lowest BCUT2D eigenvalue weighted by molar-refractivity contribution is -0.138. The standard InChI is InChI=1S/C23H26FN3O2/c1-17-5-4-6-18(15-17)19-16-22(28)27(23(19)29)14-11-25-9-12-26(13-10-25)21-8-3-2-7-20(21)24/h2-8,15,19H,9-14,16H2,1H3. The van der Waals surface area contributed by atoms with Crippen molar-refractivity contribution in [3.8, 4) is 0 Å². The molecule has 2 aliphatic rings. The predicted molar refractivity (Wildman–Crippen MR) is 110 cm³/mol. The number of hydrogen-bond donors (Lipinski definition) is 0. The number of carbonyl (C=O) groups is 2. The van der Waals surface area contributed by atoms with Crippen LogP contribution in [0.1, 0.15) is 23.5 Å². The molecule has 0 aliphatic carbocycles. The number of halogens is 1. The van der Waals surface area contributed by atoms with E-state index >= 15 is 0 Å². The van der Waals surface area contributed by atoms with Crippen molar-refractivity contribution < 1.29 is 14.0 Å². The Morgan fingerprint density at radius 3 is 2.45 bits per heavy atom. The normalized spacial score (nSPS) is 20.6. The number of benzene rings is 2. The number of nitrogens with zero attached hydrogens (tertiary/aromatic N) is 3. The first kappa shape index (κ1) is 19.6. The van der Waals surface area contributed by atoms with Gasteiger partial charge >= 0.3 is 0 Å². The molecule has 29 heavy (non-hydrogen) atoms. The van der Waals surface area contributed by atoms with E-state index in [-0.39, 0.29) is 30.0 Å². The largest absolute Gasteiger partial charge is 0.367 e. The number of imide groups is 1. The maximum absolute atomic E-state index is 14.0. The van der Waals surface area contributed by atoms with Crippen LogP contribution in [0, 0.1) is 12.7 Å². The highest BCUT2D eigenvalue weighted by Gasteiger charge is 2.39. The van der Waals surface area contributed by atoms with Crippen molar-refractivity contribution in [1.29, 1.82) is 0 Å². The number of aryl methyl sites for hydroxylation is 1. The van der Waals surface area contributed by atoms with Gasteiger partial charge in [-0.1, -0.05) is 42.0 Å². The van der Waals surface area contributed by atoms with E-state index in [1.165, 1.54) is 11.0 Å². The van der Waals surface area contributed by atoms with Crippen LogP contribution in [0.3, 0.4) is 0 Å². The fourth-order valence-electron chi connectivity index (χ4n) is 4.23. The van der Waals surface area contributed by atoms with Gasteiger partial charge in [0.1, 0.15) is 5.82 Å². The Labute approximate surface area is 170 Å². The van der Waals surface area contributed by atoms with E-state index in [2.05, 4.69) is 4.90 Å². The number of carbonyl (C=O) groups excluding carboxylic acids is 2. The summed E-state index contributed by atoms with van der Waals surface area (Å²) in [7, 11) is 0. The molecule has 2 aliphatic heterocycles. The topological polar surface area (TPSA) is 43.9 Å². The number of rotatable bonds is 5. The van der Waals surface area contributed by atoms with Gasteiger partial charge in [-0.15, -0.1) is 0 Å². The first-order chi connectivity index (χ1) is 14.0. The maximum Gasteiger partial charge on any atom is 0.237 e. The summed E-state index contributed by atoms with van der Waals surface area (Å²) in [4.78, 5) is 30.9. The third-order valence-electron chi connectivity index (χ3n) is 5.89. The summed E-state index contributed by atoms with van der Waals surface area (Å²) in [5.41, 5.74) is 2.65. The Morgan fingerprint density at radius 1 is 0.966 bits per heavy atom. The van der Waals surface area contributed by atoms with E-state index in [9.17, 15) is 14.0 Å². The summed E-state index contributed by atoms with van der Waals surface area (Å²) >= 11 is 0. The van der Waals surface area contributed by atoms with Gasteiger partial charge < -0.3 is 4.90 Å². The molecule has 2 saturated heterocycles. The summed E-state index contributed by atoms with van der Waals surface area (Å²) in [6, 6.07) is 14.7. The third-order valence-corrected chi connectivity index (χ3v) is 5.89. The van der Waals surface area contributed by atoms with Crippen LogP contribution in [0.5, 0.6) is 0 Å². The van der Waals surface area contributed by atoms with E-state index in [0.29, 0.717) is 18.8 Å². The molecule has 2 aromatic rings. The second-order valence-electron chi connectivity index (χ2n) is 7.83. The van der Waals surface area contributed by atoms with E-state index in [4.69, 9.17) is 0 Å². The average Bonchev–Trinajstić information content (AvgIpc) is 3.01. The van der Waals surface area contributed by atoms with Crippen LogP contribution in [-0.2, 0) is 9.59 Å². The SMILES string of the molecule is Cc1cccc(C2CC(=O)N(CCN3CCN(c4ccccc4F)CC3)C2=O)c1. The smallest absolute Gasteiger partial charge is 0.237 e. The highest BCUT2D eigenvalue weighted by molar-refractivity contribution is 6.06. The zero-order valence-electron chi connectivity index (χ0n) is 16.7. The van der Waals surface area contributed by atoms with E-state index in [1.807, 2.05) is 42.2 Å². The monoisotopic (exact) mass is 395 g/mol. The first-order valence-corrected chi connectivity index (χ1v) is 10.2. The molecule has 0 radical (unpaired) electrons. The fourth-order valence-corrected chi connectivity index (χ4v) is 4.23. The van der Waals surface area contributed by atoms with Gasteiger partial charge in [-0.3, -0.25) is 19.4 Å². The van der Waals surface area contributed by atoms with Crippen LogP contribution in [0.2, 0.25) is 0 Å². The summed E-state index contributed by atoms with van der Waals surface area (Å²) in [6.07, 6.45) is 0.253. The second-order valence-corrected chi connectivity index (χ2v) is 7.83. The molecule has 1 unspecified atom stereocenters. The van der Waals surface area contributed by atoms with Crippen LogP contribution < -0.4 is 4.90 Å². The van der Waals surface area contributed by atoms with Gasteiger partial charge in [0.2, 0.25) is 11.8 Å². The van der Waals surface area contributed by atoms with Crippen molar-refractivity contribution in [2.45, 2.75) is 19.3 Å². The third kappa shape index (κ3) is 4.17. The van der Waals surface area contributed by atoms with Gasteiger partial charge in [0.05, 0.1) is 11.6 Å². The molecule has 2 amide bonds. The molecule has 2 heterocycles. The molecule has 2 fully saturated rings. The minimum atomic E-state index is -0.361. The van der Waals surface area contributed by atoms with Crippen molar-refractivity contribution in [3.63, 3.8) is 0 Å². The molecular weight excluding hydrogens is 369 g/mol. The molecule has 1 atom stereocenters. The van der Waals surface area contributed by atoms with Crippen LogP contribution in [0.4, 0.5) is 10.1 Å². The lowest BCUT2D eigenvalue weighted by atomic mass is 9.96. The molecule has 0 N–H and O–H groups in total. The van der Waals surface area contributed by atoms with E-state index < -0.39 is 0 Å². The fraction of sp³-hybridized carbons (Fsp3) is 0.391. The van der Waals surface area contributed by atoms with Crippen molar-refractivity contribution in [1.82, 2.24) is 9.80 Å². The Morgan fingerprint density at radius 2 is 1.72 bits per heavy atom. The zero-order chi connectivity index (χ0) is 20.4. The summed E-state index contributed by atoms with van der Waals surface area (Å²) in [6.45, 7) is 6.09. The number of hydrogen-bond acceptors (Lipinski definition) is 4. The van der Waals surface area contributed by atoms with Crippen LogP contribution in [-0.4, -0.2) is 60.9 Å².